The van der Waals surface area contributed by atoms with E-state index >= 15 is 0 Å². The van der Waals surface area contributed by atoms with Crippen LogP contribution in [-0.2, 0) is 17.8 Å². The van der Waals surface area contributed by atoms with Gasteiger partial charge in [0, 0.05) is 24.7 Å². The third-order valence-corrected chi connectivity index (χ3v) is 5.05. The highest BCUT2D eigenvalue weighted by molar-refractivity contribution is 5.83. The van der Waals surface area contributed by atoms with E-state index < -0.39 is 6.04 Å². The van der Waals surface area contributed by atoms with Gasteiger partial charge in [-0.25, -0.2) is 4.98 Å². The van der Waals surface area contributed by atoms with E-state index in [1.165, 1.54) is 32.1 Å². The van der Waals surface area contributed by atoms with Gasteiger partial charge < -0.3 is 20.2 Å². The van der Waals surface area contributed by atoms with Crippen molar-refractivity contribution in [2.24, 2.45) is 0 Å². The Balaban J connectivity index is 1.41. The molecule has 1 atom stereocenters. The van der Waals surface area contributed by atoms with Gasteiger partial charge in [-0.2, -0.15) is 0 Å². The Hall–Kier alpha value is -2.22. The van der Waals surface area contributed by atoms with Crippen LogP contribution in [0.25, 0.3) is 0 Å². The Morgan fingerprint density at radius 1 is 1.33 bits per heavy atom. The zero-order valence-electron chi connectivity index (χ0n) is 13.7. The third-order valence-electron chi connectivity index (χ3n) is 5.05. The molecule has 0 aromatic carbocycles. The van der Waals surface area contributed by atoms with E-state index in [9.17, 15) is 4.79 Å². The predicted octanol–water partition coefficient (Wildman–Crippen LogP) is 1.01. The van der Waals surface area contributed by atoms with Crippen LogP contribution in [0.2, 0.25) is 0 Å². The first-order valence-electron chi connectivity index (χ1n) is 8.74. The first-order valence-corrected chi connectivity index (χ1v) is 8.74. The molecule has 2 aliphatic rings. The van der Waals surface area contributed by atoms with E-state index in [-0.39, 0.29) is 5.91 Å². The molecule has 2 aromatic heterocycles. The Labute approximate surface area is 140 Å². The van der Waals surface area contributed by atoms with Crippen LogP contribution in [0.1, 0.15) is 61.4 Å². The molecule has 0 spiro atoms. The molecule has 4 rings (SSSR count). The molecule has 8 nitrogen and oxygen atoms in total. The van der Waals surface area contributed by atoms with Crippen molar-refractivity contribution in [3.8, 4) is 0 Å². The summed E-state index contributed by atoms with van der Waals surface area (Å²) in [6.07, 6.45) is 10.5. The average Bonchev–Trinajstić information content (AvgIpc) is 3.29. The summed E-state index contributed by atoms with van der Waals surface area (Å²) in [6, 6.07) is 0.0671. The van der Waals surface area contributed by atoms with Crippen molar-refractivity contribution in [3.63, 3.8) is 0 Å². The van der Waals surface area contributed by atoms with Crippen molar-refractivity contribution in [1.29, 1.82) is 0 Å². The molecule has 0 saturated heterocycles. The molecular weight excluding hydrogens is 306 g/mol. The van der Waals surface area contributed by atoms with Crippen LogP contribution in [0.5, 0.6) is 0 Å². The standard InChI is InChI=1S/C16H23N7O/c24-16(15-14-12(6-7-17-15)19-9-20-14)18-8-13-22-21-10-23(13)11-4-2-1-3-5-11/h9-11,15,17H,1-8H2,(H,18,24)(H,19,20)/t15-/m0/s1. The topological polar surface area (TPSA) is 101 Å². The van der Waals surface area contributed by atoms with Crippen LogP contribution < -0.4 is 10.6 Å². The minimum atomic E-state index is -0.397. The second-order valence-electron chi connectivity index (χ2n) is 6.57. The summed E-state index contributed by atoms with van der Waals surface area (Å²) in [5.74, 6) is 0.759. The molecule has 128 valence electrons. The number of hydrogen-bond donors (Lipinski definition) is 3. The molecule has 1 aliphatic heterocycles. The molecule has 24 heavy (non-hydrogen) atoms. The fourth-order valence-corrected chi connectivity index (χ4v) is 3.76. The molecule has 0 unspecified atom stereocenters. The fourth-order valence-electron chi connectivity index (χ4n) is 3.76. The van der Waals surface area contributed by atoms with Crippen molar-refractivity contribution in [1.82, 2.24) is 35.4 Å². The summed E-state index contributed by atoms with van der Waals surface area (Å²) < 4.78 is 2.13. The first-order chi connectivity index (χ1) is 11.8. The third kappa shape index (κ3) is 2.93. The maximum Gasteiger partial charge on any atom is 0.243 e. The van der Waals surface area contributed by atoms with E-state index in [4.69, 9.17) is 0 Å². The van der Waals surface area contributed by atoms with E-state index in [1.54, 1.807) is 12.7 Å². The van der Waals surface area contributed by atoms with Gasteiger partial charge in [0.1, 0.15) is 12.4 Å². The number of nitrogens with one attached hydrogen (secondary N) is 3. The van der Waals surface area contributed by atoms with Crippen LogP contribution >= 0.6 is 0 Å². The molecule has 1 amide bonds. The summed E-state index contributed by atoms with van der Waals surface area (Å²) in [4.78, 5) is 19.9. The molecular formula is C16H23N7O. The van der Waals surface area contributed by atoms with Crippen molar-refractivity contribution in [2.75, 3.05) is 6.54 Å². The number of hydrogen-bond acceptors (Lipinski definition) is 5. The lowest BCUT2D eigenvalue weighted by Crippen LogP contribution is -2.41. The quantitative estimate of drug-likeness (QED) is 0.777. The van der Waals surface area contributed by atoms with Crippen molar-refractivity contribution in [2.45, 2.75) is 57.2 Å². The van der Waals surface area contributed by atoms with E-state index in [0.29, 0.717) is 12.6 Å². The summed E-state index contributed by atoms with van der Waals surface area (Å²) in [5.41, 5.74) is 1.84. The number of H-pyrrole nitrogens is 1. The van der Waals surface area contributed by atoms with Crippen LogP contribution in [0.15, 0.2) is 12.7 Å². The molecule has 3 N–H and O–H groups in total. The number of aromatic nitrogens is 5. The Bertz CT molecular complexity index is 701. The highest BCUT2D eigenvalue weighted by Crippen LogP contribution is 2.28. The highest BCUT2D eigenvalue weighted by Gasteiger charge is 2.28. The molecule has 0 bridgehead atoms. The normalized spacial score (nSPS) is 21.4. The van der Waals surface area contributed by atoms with Crippen LogP contribution in [0.3, 0.4) is 0 Å². The molecule has 1 aliphatic carbocycles. The average molecular weight is 329 g/mol. The smallest absolute Gasteiger partial charge is 0.243 e. The van der Waals surface area contributed by atoms with E-state index in [0.717, 1.165) is 30.2 Å². The first kappa shape index (κ1) is 15.3. The van der Waals surface area contributed by atoms with Gasteiger partial charge in [0.15, 0.2) is 5.82 Å². The summed E-state index contributed by atoms with van der Waals surface area (Å²) >= 11 is 0. The van der Waals surface area contributed by atoms with Crippen LogP contribution in [0, 0.1) is 0 Å². The van der Waals surface area contributed by atoms with Gasteiger partial charge >= 0.3 is 0 Å². The fraction of sp³-hybridized carbons (Fsp3) is 0.625. The Morgan fingerprint density at radius 2 is 2.21 bits per heavy atom. The van der Waals surface area contributed by atoms with Crippen molar-refractivity contribution < 1.29 is 4.79 Å². The zero-order chi connectivity index (χ0) is 16.4. The minimum Gasteiger partial charge on any atom is -0.348 e. The molecule has 8 heteroatoms. The largest absolute Gasteiger partial charge is 0.348 e. The van der Waals surface area contributed by atoms with Gasteiger partial charge in [0.05, 0.1) is 18.6 Å². The number of aromatic amines is 1. The number of imidazole rings is 1. The lowest BCUT2D eigenvalue weighted by molar-refractivity contribution is -0.123. The number of fused-ring (bicyclic) bond motifs is 1. The SMILES string of the molecule is O=C(NCc1nncn1C1CCCCC1)[C@H]1NCCc2[nH]cnc21. The molecule has 2 aromatic rings. The monoisotopic (exact) mass is 329 g/mol. The van der Waals surface area contributed by atoms with E-state index in [1.807, 2.05) is 0 Å². The maximum absolute atomic E-state index is 12.6. The van der Waals surface area contributed by atoms with Gasteiger partial charge in [-0.1, -0.05) is 19.3 Å². The minimum absolute atomic E-state index is 0.0683. The van der Waals surface area contributed by atoms with E-state index in [2.05, 4.69) is 35.4 Å². The van der Waals surface area contributed by atoms with Gasteiger partial charge in [-0.05, 0) is 12.8 Å². The summed E-state index contributed by atoms with van der Waals surface area (Å²) in [5, 5.41) is 14.5. The van der Waals surface area contributed by atoms with Crippen molar-refractivity contribution in [3.05, 3.63) is 29.9 Å². The Kier molecular flexibility index (Phi) is 4.29. The number of nitrogens with zero attached hydrogens (tertiary/aromatic N) is 4. The predicted molar refractivity (Wildman–Crippen MR) is 87.0 cm³/mol. The van der Waals surface area contributed by atoms with Crippen molar-refractivity contribution >= 4 is 5.91 Å². The van der Waals surface area contributed by atoms with Gasteiger partial charge in [0.2, 0.25) is 5.91 Å². The zero-order valence-corrected chi connectivity index (χ0v) is 13.7. The number of carbonyl (C=O) groups is 1. The van der Waals surface area contributed by atoms with Gasteiger partial charge in [-0.3, -0.25) is 4.79 Å². The van der Waals surface area contributed by atoms with Crippen LogP contribution in [0.4, 0.5) is 0 Å². The van der Waals surface area contributed by atoms with Gasteiger partial charge in [-0.15, -0.1) is 10.2 Å². The number of carbonyl (C=O) groups excluding carboxylic acids is 1. The molecule has 3 heterocycles. The molecule has 1 saturated carbocycles. The summed E-state index contributed by atoms with van der Waals surface area (Å²) in [7, 11) is 0. The molecule has 1 fully saturated rings. The van der Waals surface area contributed by atoms with Crippen LogP contribution in [-0.4, -0.2) is 37.2 Å². The lowest BCUT2D eigenvalue weighted by atomic mass is 9.95. The maximum atomic E-state index is 12.6. The lowest BCUT2D eigenvalue weighted by Gasteiger charge is -2.25. The Morgan fingerprint density at radius 3 is 3.08 bits per heavy atom. The number of amides is 1. The second-order valence-corrected chi connectivity index (χ2v) is 6.57. The number of rotatable bonds is 4. The molecule has 0 radical (unpaired) electrons. The van der Waals surface area contributed by atoms with Gasteiger partial charge in [0.25, 0.3) is 0 Å². The highest BCUT2D eigenvalue weighted by atomic mass is 16.2. The summed E-state index contributed by atoms with van der Waals surface area (Å²) in [6.45, 7) is 1.17. The second kappa shape index (κ2) is 6.72.